The minimum absolute atomic E-state index is 0.0478. The number of hydrogen-bond donors (Lipinski definition) is 2. The maximum absolute atomic E-state index is 12.0. The monoisotopic (exact) mass is 271 g/mol. The van der Waals surface area contributed by atoms with Gasteiger partial charge in [-0.15, -0.1) is 11.8 Å². The smallest absolute Gasteiger partial charge is 0.243 e. The summed E-state index contributed by atoms with van der Waals surface area (Å²) in [7, 11) is 0. The van der Waals surface area contributed by atoms with E-state index in [4.69, 9.17) is 5.73 Å². The first-order chi connectivity index (χ1) is 8.63. The molecule has 0 spiro atoms. The first-order valence-electron chi connectivity index (χ1n) is 6.54. The summed E-state index contributed by atoms with van der Waals surface area (Å²) >= 11 is 1.63. The Morgan fingerprint density at radius 2 is 2.22 bits per heavy atom. The Labute approximate surface area is 112 Å². The van der Waals surface area contributed by atoms with Gasteiger partial charge in [0, 0.05) is 24.8 Å². The molecule has 0 aromatic rings. The molecule has 0 aromatic carbocycles. The van der Waals surface area contributed by atoms with Crippen LogP contribution in [0.25, 0.3) is 0 Å². The average Bonchev–Trinajstić information content (AvgIpc) is 3.11. The highest BCUT2D eigenvalue weighted by Gasteiger charge is 2.34. The Balaban J connectivity index is 1.81. The van der Waals surface area contributed by atoms with Gasteiger partial charge in [-0.05, 0) is 18.8 Å². The molecule has 5 nitrogen and oxygen atoms in total. The summed E-state index contributed by atoms with van der Waals surface area (Å²) in [6, 6.07) is -0.243. The molecule has 2 fully saturated rings. The van der Waals surface area contributed by atoms with Gasteiger partial charge in [0.15, 0.2) is 0 Å². The molecule has 1 saturated heterocycles. The molecule has 1 saturated carbocycles. The Hall–Kier alpha value is -0.750. The van der Waals surface area contributed by atoms with Crippen molar-refractivity contribution in [3.63, 3.8) is 0 Å². The molecule has 1 aliphatic carbocycles. The van der Waals surface area contributed by atoms with Crippen molar-refractivity contribution in [2.75, 3.05) is 18.2 Å². The van der Waals surface area contributed by atoms with Crippen molar-refractivity contribution >= 4 is 23.6 Å². The van der Waals surface area contributed by atoms with Gasteiger partial charge in [0.25, 0.3) is 0 Å². The molecule has 2 rings (SSSR count). The van der Waals surface area contributed by atoms with Crippen LogP contribution in [0.3, 0.4) is 0 Å². The fraction of sp³-hybridized carbons (Fsp3) is 0.833. The number of nitrogens with two attached hydrogens (primary N) is 1. The molecule has 2 amide bonds. The molecule has 0 bridgehead atoms. The normalized spacial score (nSPS) is 25.0. The number of thioether (sulfide) groups is 1. The van der Waals surface area contributed by atoms with E-state index in [1.54, 1.807) is 16.7 Å². The third-order valence-electron chi connectivity index (χ3n) is 3.55. The van der Waals surface area contributed by atoms with Crippen LogP contribution in [0, 0.1) is 5.92 Å². The van der Waals surface area contributed by atoms with Crippen molar-refractivity contribution in [3.05, 3.63) is 0 Å². The summed E-state index contributed by atoms with van der Waals surface area (Å²) in [5.41, 5.74) is 5.95. The van der Waals surface area contributed by atoms with Crippen molar-refractivity contribution in [1.82, 2.24) is 10.2 Å². The van der Waals surface area contributed by atoms with Crippen LogP contribution in [-0.2, 0) is 9.59 Å². The predicted molar refractivity (Wildman–Crippen MR) is 72.0 cm³/mol. The molecule has 2 atom stereocenters. The van der Waals surface area contributed by atoms with Crippen molar-refractivity contribution in [1.29, 1.82) is 0 Å². The van der Waals surface area contributed by atoms with Crippen LogP contribution in [0.2, 0.25) is 0 Å². The third kappa shape index (κ3) is 3.17. The summed E-state index contributed by atoms with van der Waals surface area (Å²) in [6.45, 7) is 2.35. The Bertz CT molecular complexity index is 333. The minimum atomic E-state index is -0.311. The molecule has 3 N–H and O–H groups in total. The molecule has 0 radical (unpaired) electrons. The lowest BCUT2D eigenvalue weighted by Gasteiger charge is -2.23. The minimum Gasteiger partial charge on any atom is -0.353 e. The van der Waals surface area contributed by atoms with Crippen LogP contribution in [0.15, 0.2) is 0 Å². The fourth-order valence-electron chi connectivity index (χ4n) is 2.14. The third-order valence-corrected chi connectivity index (χ3v) is 4.56. The molecule has 102 valence electrons. The van der Waals surface area contributed by atoms with E-state index < -0.39 is 0 Å². The van der Waals surface area contributed by atoms with E-state index in [0.717, 1.165) is 0 Å². The lowest BCUT2D eigenvalue weighted by atomic mass is 10.2. The average molecular weight is 271 g/mol. The number of rotatable bonds is 5. The molecular formula is C12H21N3O2S. The molecule has 1 heterocycles. The van der Waals surface area contributed by atoms with Gasteiger partial charge in [0.05, 0.1) is 5.88 Å². The Morgan fingerprint density at radius 3 is 2.83 bits per heavy atom. The molecule has 6 heteroatoms. The SMILES string of the molecule is CCC(=O)N1CSCC1C(=O)NCC(N)C1CC1. The van der Waals surface area contributed by atoms with E-state index in [9.17, 15) is 9.59 Å². The topological polar surface area (TPSA) is 75.4 Å². The standard InChI is InChI=1S/C12H21N3O2S/c1-2-11(16)15-7-18-6-10(15)12(17)14-5-9(13)8-3-4-8/h8-10H,2-7,13H2,1H3,(H,14,17). The van der Waals surface area contributed by atoms with Gasteiger partial charge in [-0.2, -0.15) is 0 Å². The van der Waals surface area contributed by atoms with Crippen molar-refractivity contribution in [2.45, 2.75) is 38.3 Å². The second-order valence-electron chi connectivity index (χ2n) is 4.98. The molecule has 2 aliphatic rings. The second-order valence-corrected chi connectivity index (χ2v) is 5.98. The van der Waals surface area contributed by atoms with Gasteiger partial charge < -0.3 is 16.0 Å². The van der Waals surface area contributed by atoms with Gasteiger partial charge in [-0.3, -0.25) is 9.59 Å². The van der Waals surface area contributed by atoms with Crippen molar-refractivity contribution < 1.29 is 9.59 Å². The number of amides is 2. The number of carbonyl (C=O) groups excluding carboxylic acids is 2. The Kier molecular flexibility index (Phi) is 4.50. The first-order valence-corrected chi connectivity index (χ1v) is 7.69. The number of hydrogen-bond acceptors (Lipinski definition) is 4. The quantitative estimate of drug-likeness (QED) is 0.746. The van der Waals surface area contributed by atoms with Gasteiger partial charge >= 0.3 is 0 Å². The van der Waals surface area contributed by atoms with E-state index >= 15 is 0 Å². The van der Waals surface area contributed by atoms with Crippen LogP contribution in [-0.4, -0.2) is 47.0 Å². The Morgan fingerprint density at radius 1 is 1.50 bits per heavy atom. The van der Waals surface area contributed by atoms with Crippen LogP contribution in [0.4, 0.5) is 0 Å². The van der Waals surface area contributed by atoms with Gasteiger partial charge in [0.1, 0.15) is 6.04 Å². The molecule has 2 unspecified atom stereocenters. The maximum atomic E-state index is 12.0. The van der Waals surface area contributed by atoms with E-state index in [-0.39, 0.29) is 23.9 Å². The van der Waals surface area contributed by atoms with E-state index in [0.29, 0.717) is 30.5 Å². The van der Waals surface area contributed by atoms with Gasteiger partial charge in [-0.1, -0.05) is 6.92 Å². The van der Waals surface area contributed by atoms with E-state index in [2.05, 4.69) is 5.32 Å². The largest absolute Gasteiger partial charge is 0.353 e. The number of carbonyl (C=O) groups is 2. The molecule has 0 aromatic heterocycles. The molecule has 1 aliphatic heterocycles. The van der Waals surface area contributed by atoms with Crippen LogP contribution < -0.4 is 11.1 Å². The lowest BCUT2D eigenvalue weighted by molar-refractivity contribution is -0.137. The first kappa shape index (κ1) is 13.7. The highest BCUT2D eigenvalue weighted by Crippen LogP contribution is 2.31. The summed E-state index contributed by atoms with van der Waals surface area (Å²) in [6.07, 6.45) is 2.81. The highest BCUT2D eigenvalue weighted by molar-refractivity contribution is 7.99. The summed E-state index contributed by atoms with van der Waals surface area (Å²) in [5.74, 6) is 1.89. The number of nitrogens with one attached hydrogen (secondary N) is 1. The summed E-state index contributed by atoms with van der Waals surface area (Å²) in [4.78, 5) is 25.4. The van der Waals surface area contributed by atoms with Crippen molar-refractivity contribution in [2.24, 2.45) is 11.7 Å². The van der Waals surface area contributed by atoms with Crippen molar-refractivity contribution in [3.8, 4) is 0 Å². The van der Waals surface area contributed by atoms with Crippen LogP contribution >= 0.6 is 11.8 Å². The summed E-state index contributed by atoms with van der Waals surface area (Å²) < 4.78 is 0. The lowest BCUT2D eigenvalue weighted by Crippen LogP contribution is -2.49. The molecule has 18 heavy (non-hydrogen) atoms. The maximum Gasteiger partial charge on any atom is 0.243 e. The van der Waals surface area contributed by atoms with E-state index in [1.807, 2.05) is 6.92 Å². The summed E-state index contributed by atoms with van der Waals surface area (Å²) in [5, 5.41) is 2.88. The van der Waals surface area contributed by atoms with Crippen LogP contribution in [0.5, 0.6) is 0 Å². The van der Waals surface area contributed by atoms with Crippen LogP contribution in [0.1, 0.15) is 26.2 Å². The highest BCUT2D eigenvalue weighted by atomic mass is 32.2. The van der Waals surface area contributed by atoms with E-state index in [1.165, 1.54) is 12.8 Å². The zero-order valence-corrected chi connectivity index (χ0v) is 11.5. The zero-order valence-electron chi connectivity index (χ0n) is 10.7. The van der Waals surface area contributed by atoms with Gasteiger partial charge in [0.2, 0.25) is 11.8 Å². The predicted octanol–water partition coefficient (Wildman–Crippen LogP) is 0.151. The van der Waals surface area contributed by atoms with Gasteiger partial charge in [-0.25, -0.2) is 0 Å². The molecular weight excluding hydrogens is 250 g/mol. The zero-order chi connectivity index (χ0) is 13.1. The second kappa shape index (κ2) is 5.93. The number of nitrogens with zero attached hydrogens (tertiary/aromatic N) is 1. The fourth-order valence-corrected chi connectivity index (χ4v) is 3.32.